The van der Waals surface area contributed by atoms with Crippen LogP contribution in [0.3, 0.4) is 0 Å². The van der Waals surface area contributed by atoms with Crippen LogP contribution in [0.1, 0.15) is 56.2 Å². The molecule has 0 amide bonds. The van der Waals surface area contributed by atoms with E-state index < -0.39 is 0 Å². The van der Waals surface area contributed by atoms with Crippen molar-refractivity contribution in [1.82, 2.24) is 0 Å². The van der Waals surface area contributed by atoms with Gasteiger partial charge in [-0.05, 0) is 43.2 Å². The first kappa shape index (κ1) is 18.9. The van der Waals surface area contributed by atoms with Crippen molar-refractivity contribution in [3.8, 4) is 11.8 Å². The number of unbranched alkanes of at least 4 members (excludes halogenated alkanes) is 1. The van der Waals surface area contributed by atoms with E-state index in [-0.39, 0.29) is 0 Å². The minimum Gasteiger partial charge on any atom is -0.493 e. The van der Waals surface area contributed by atoms with Crippen LogP contribution in [-0.4, -0.2) is 6.61 Å². The molecule has 0 aromatic heterocycles. The molecule has 0 spiro atoms. The SMILES string of the molecule is [CH]=C(OCC(CC)CCCC)c1cc[c]c(C#Cc2ccccc2)c1. The van der Waals surface area contributed by atoms with E-state index >= 15 is 0 Å². The summed E-state index contributed by atoms with van der Waals surface area (Å²) in [4.78, 5) is 0. The minimum absolute atomic E-state index is 0.465. The summed E-state index contributed by atoms with van der Waals surface area (Å²) in [6.07, 6.45) is 4.76. The molecule has 1 nitrogen and oxygen atoms in total. The van der Waals surface area contributed by atoms with E-state index in [9.17, 15) is 0 Å². The summed E-state index contributed by atoms with van der Waals surface area (Å²) in [6.45, 7) is 11.2. The standard InChI is InChI=1S/C24H26O/c1-4-6-11-21(5-2)19-25-20(3)24-15-10-14-23(18-24)17-16-22-12-8-7-9-13-22/h3,7-10,12-13,15,18,21H,4-6,11,19H2,1-2H3. The molecule has 2 aromatic rings. The smallest absolute Gasteiger partial charge is 0.126 e. The lowest BCUT2D eigenvalue weighted by Gasteiger charge is -2.16. The number of benzene rings is 2. The van der Waals surface area contributed by atoms with Crippen LogP contribution in [0, 0.1) is 30.4 Å². The van der Waals surface area contributed by atoms with Crippen molar-refractivity contribution in [2.45, 2.75) is 39.5 Å². The summed E-state index contributed by atoms with van der Waals surface area (Å²) >= 11 is 0. The summed E-state index contributed by atoms with van der Waals surface area (Å²) in [7, 11) is 0. The molecule has 25 heavy (non-hydrogen) atoms. The van der Waals surface area contributed by atoms with Crippen LogP contribution in [-0.2, 0) is 4.74 Å². The Labute approximate surface area is 152 Å². The lowest BCUT2D eigenvalue weighted by atomic mass is 10.0. The zero-order valence-corrected chi connectivity index (χ0v) is 15.2. The lowest BCUT2D eigenvalue weighted by molar-refractivity contribution is 0.203. The molecule has 0 saturated heterocycles. The van der Waals surface area contributed by atoms with E-state index in [1.807, 2.05) is 48.5 Å². The number of rotatable bonds is 8. The molecule has 0 aliphatic rings. The predicted octanol–water partition coefficient (Wildman–Crippen LogP) is 5.89. The van der Waals surface area contributed by atoms with E-state index in [2.05, 4.69) is 31.8 Å². The molecule has 2 aromatic carbocycles. The lowest BCUT2D eigenvalue weighted by Crippen LogP contribution is -2.08. The van der Waals surface area contributed by atoms with Gasteiger partial charge in [-0.15, -0.1) is 0 Å². The molecule has 0 fully saturated rings. The molecule has 0 aliphatic heterocycles. The maximum Gasteiger partial charge on any atom is 0.126 e. The van der Waals surface area contributed by atoms with Crippen LogP contribution in [0.15, 0.2) is 48.5 Å². The van der Waals surface area contributed by atoms with Crippen LogP contribution in [0.25, 0.3) is 5.76 Å². The molecular weight excluding hydrogens is 304 g/mol. The third-order valence-electron chi connectivity index (χ3n) is 4.22. The largest absolute Gasteiger partial charge is 0.493 e. The summed E-state index contributed by atoms with van der Waals surface area (Å²) in [5.74, 6) is 7.29. The van der Waals surface area contributed by atoms with Gasteiger partial charge in [-0.3, -0.25) is 0 Å². The topological polar surface area (TPSA) is 9.23 Å². The van der Waals surface area contributed by atoms with Gasteiger partial charge in [0, 0.05) is 16.7 Å². The second-order valence-electron chi connectivity index (χ2n) is 6.20. The molecule has 1 unspecified atom stereocenters. The molecule has 0 bridgehead atoms. The van der Waals surface area contributed by atoms with Crippen LogP contribution < -0.4 is 0 Å². The first-order valence-electron chi connectivity index (χ1n) is 9.07. The Morgan fingerprint density at radius 3 is 2.68 bits per heavy atom. The van der Waals surface area contributed by atoms with Crippen molar-refractivity contribution < 1.29 is 4.74 Å². The van der Waals surface area contributed by atoms with E-state index in [1.54, 1.807) is 0 Å². The van der Waals surface area contributed by atoms with Crippen molar-refractivity contribution in [3.63, 3.8) is 0 Å². The van der Waals surface area contributed by atoms with Crippen LogP contribution >= 0.6 is 0 Å². The van der Waals surface area contributed by atoms with Gasteiger partial charge in [-0.2, -0.15) is 0 Å². The van der Waals surface area contributed by atoms with Gasteiger partial charge >= 0.3 is 0 Å². The molecular formula is C24H26O. The highest BCUT2D eigenvalue weighted by Gasteiger charge is 2.08. The third kappa shape index (κ3) is 6.51. The zero-order valence-electron chi connectivity index (χ0n) is 15.2. The van der Waals surface area contributed by atoms with Gasteiger partial charge in [0.15, 0.2) is 0 Å². The molecule has 2 radical (unpaired) electrons. The van der Waals surface area contributed by atoms with Crippen molar-refractivity contribution in [3.05, 3.63) is 77.9 Å². The Bertz CT molecular complexity index is 719. The highest BCUT2D eigenvalue weighted by molar-refractivity contribution is 5.58. The van der Waals surface area contributed by atoms with Gasteiger partial charge in [-0.25, -0.2) is 0 Å². The van der Waals surface area contributed by atoms with Crippen LogP contribution in [0.4, 0.5) is 0 Å². The Kier molecular flexibility index (Phi) is 7.86. The Morgan fingerprint density at radius 2 is 1.96 bits per heavy atom. The molecule has 2 rings (SSSR count). The van der Waals surface area contributed by atoms with Crippen LogP contribution in [0.2, 0.25) is 0 Å². The molecule has 0 heterocycles. The van der Waals surface area contributed by atoms with Crippen molar-refractivity contribution in [2.75, 3.05) is 6.61 Å². The highest BCUT2D eigenvalue weighted by atomic mass is 16.5. The van der Waals surface area contributed by atoms with Crippen molar-refractivity contribution in [2.24, 2.45) is 5.92 Å². The maximum absolute atomic E-state index is 6.14. The highest BCUT2D eigenvalue weighted by Crippen LogP contribution is 2.19. The Morgan fingerprint density at radius 1 is 1.16 bits per heavy atom. The quantitative estimate of drug-likeness (QED) is 0.433. The van der Waals surface area contributed by atoms with Gasteiger partial charge in [0.25, 0.3) is 0 Å². The third-order valence-corrected chi connectivity index (χ3v) is 4.22. The van der Waals surface area contributed by atoms with Crippen molar-refractivity contribution >= 4 is 5.76 Å². The average Bonchev–Trinajstić information content (AvgIpc) is 2.67. The maximum atomic E-state index is 6.14. The summed E-state index contributed by atoms with van der Waals surface area (Å²) < 4.78 is 5.83. The second kappa shape index (κ2) is 10.4. The molecule has 1 heteroatoms. The molecule has 0 N–H and O–H groups in total. The average molecular weight is 330 g/mol. The number of hydrogen-bond donors (Lipinski definition) is 0. The van der Waals surface area contributed by atoms with Gasteiger partial charge in [-0.1, -0.05) is 75.3 Å². The molecule has 1 atom stereocenters. The number of hydrogen-bond acceptors (Lipinski definition) is 1. The summed E-state index contributed by atoms with van der Waals surface area (Å²) in [6, 6.07) is 18.7. The summed E-state index contributed by atoms with van der Waals surface area (Å²) in [5, 5.41) is 0. The molecule has 128 valence electrons. The van der Waals surface area contributed by atoms with Gasteiger partial charge in [0.1, 0.15) is 5.76 Å². The van der Waals surface area contributed by atoms with Gasteiger partial charge < -0.3 is 4.74 Å². The number of ether oxygens (including phenoxy) is 1. The zero-order chi connectivity index (χ0) is 17.9. The van der Waals surface area contributed by atoms with E-state index in [1.165, 1.54) is 19.3 Å². The van der Waals surface area contributed by atoms with Gasteiger partial charge in [0.2, 0.25) is 0 Å². The fraction of sp³-hybridized carbons (Fsp3) is 0.333. The fourth-order valence-electron chi connectivity index (χ4n) is 2.54. The normalized spacial score (nSPS) is 11.3. The van der Waals surface area contributed by atoms with E-state index in [0.717, 1.165) is 23.1 Å². The van der Waals surface area contributed by atoms with E-state index in [4.69, 9.17) is 11.3 Å². The monoisotopic (exact) mass is 330 g/mol. The molecule has 0 saturated carbocycles. The van der Waals surface area contributed by atoms with Gasteiger partial charge in [0.05, 0.1) is 6.61 Å². The Hall–Kier alpha value is -2.46. The fourth-order valence-corrected chi connectivity index (χ4v) is 2.54. The predicted molar refractivity (Wildman–Crippen MR) is 105 cm³/mol. The van der Waals surface area contributed by atoms with Crippen molar-refractivity contribution in [1.29, 1.82) is 0 Å². The second-order valence-corrected chi connectivity index (χ2v) is 6.20. The molecule has 0 aliphatic carbocycles. The summed E-state index contributed by atoms with van der Waals surface area (Å²) in [5.41, 5.74) is 2.66. The van der Waals surface area contributed by atoms with E-state index in [0.29, 0.717) is 18.3 Å². The first-order chi connectivity index (χ1) is 12.2. The first-order valence-corrected chi connectivity index (χ1v) is 9.07. The Balaban J connectivity index is 1.98. The van der Waals surface area contributed by atoms with Crippen LogP contribution in [0.5, 0.6) is 0 Å². The minimum atomic E-state index is 0.465.